The third-order valence-corrected chi connectivity index (χ3v) is 11.1. The van der Waals surface area contributed by atoms with Crippen molar-refractivity contribution in [1.29, 1.82) is 0 Å². The SMILES string of the molecule is CC1(c2ccc(OC(=O)CN)cc2)CSc2cc(O)ccc2C1CCCCCCCCCS(=O)CCCC(F)(F)C(F)(F)F. The first kappa shape index (κ1) is 36.3. The van der Waals surface area contributed by atoms with Crippen LogP contribution in [0.2, 0.25) is 0 Å². The lowest BCUT2D eigenvalue weighted by molar-refractivity contribution is -0.284. The molecule has 0 spiro atoms. The number of hydrogen-bond acceptors (Lipinski definition) is 6. The number of halogens is 5. The Morgan fingerprint density at radius 1 is 0.977 bits per heavy atom. The van der Waals surface area contributed by atoms with E-state index in [0.717, 1.165) is 61.2 Å². The molecule has 5 nitrogen and oxygen atoms in total. The van der Waals surface area contributed by atoms with Crippen LogP contribution in [-0.4, -0.2) is 51.2 Å². The summed E-state index contributed by atoms with van der Waals surface area (Å²) in [6.07, 6.45) is 0.220. The maximum atomic E-state index is 13.0. The fraction of sp³-hybridized carbons (Fsp3) is 0.594. The normalized spacial score (nSPS) is 19.4. The molecule has 1 aliphatic rings. The van der Waals surface area contributed by atoms with Crippen molar-refractivity contribution in [3.05, 3.63) is 53.6 Å². The van der Waals surface area contributed by atoms with E-state index in [4.69, 9.17) is 10.5 Å². The van der Waals surface area contributed by atoms with Crippen LogP contribution in [0.25, 0.3) is 0 Å². The number of alkyl halides is 5. The largest absolute Gasteiger partial charge is 0.508 e. The Balaban J connectivity index is 1.44. The van der Waals surface area contributed by atoms with Gasteiger partial charge in [0.25, 0.3) is 0 Å². The molecule has 0 bridgehead atoms. The minimum absolute atomic E-state index is 0.140. The first-order chi connectivity index (χ1) is 20.8. The number of phenolic OH excluding ortho intramolecular Hbond substituents is 1. The van der Waals surface area contributed by atoms with Gasteiger partial charge in [0, 0.05) is 44.8 Å². The zero-order chi connectivity index (χ0) is 32.4. The van der Waals surface area contributed by atoms with Crippen LogP contribution in [0.15, 0.2) is 47.4 Å². The Bertz CT molecular complexity index is 1240. The highest BCUT2D eigenvalue weighted by atomic mass is 32.2. The molecule has 0 saturated carbocycles. The van der Waals surface area contributed by atoms with Crippen LogP contribution in [0.4, 0.5) is 22.0 Å². The number of carbonyl (C=O) groups is 1. The number of ether oxygens (including phenoxy) is 1. The number of esters is 1. The monoisotopic (exact) mass is 663 g/mol. The summed E-state index contributed by atoms with van der Waals surface area (Å²) in [5, 5.41) is 10.1. The number of nitrogens with two attached hydrogens (primary N) is 1. The number of unbranched alkanes of at least 4 members (excludes halogenated alkanes) is 6. The van der Waals surface area contributed by atoms with Crippen LogP contribution in [0.1, 0.15) is 88.2 Å². The van der Waals surface area contributed by atoms with Gasteiger partial charge in [-0.2, -0.15) is 22.0 Å². The third kappa shape index (κ3) is 10.2. The molecule has 246 valence electrons. The number of aromatic hydroxyl groups is 1. The molecule has 2 aromatic rings. The van der Waals surface area contributed by atoms with E-state index in [1.807, 2.05) is 24.3 Å². The van der Waals surface area contributed by atoms with Crippen molar-refractivity contribution in [2.75, 3.05) is 23.8 Å². The molecule has 3 rings (SSSR count). The molecule has 1 heterocycles. The van der Waals surface area contributed by atoms with Gasteiger partial charge >= 0.3 is 18.1 Å². The maximum absolute atomic E-state index is 13.0. The quantitative estimate of drug-likeness (QED) is 0.0767. The van der Waals surface area contributed by atoms with E-state index in [2.05, 4.69) is 6.92 Å². The Kier molecular flexibility index (Phi) is 13.5. The van der Waals surface area contributed by atoms with Gasteiger partial charge in [0.2, 0.25) is 0 Å². The zero-order valence-corrected chi connectivity index (χ0v) is 26.6. The van der Waals surface area contributed by atoms with Crippen molar-refractivity contribution in [1.82, 2.24) is 0 Å². The van der Waals surface area contributed by atoms with Crippen molar-refractivity contribution in [2.45, 2.75) is 99.5 Å². The second kappa shape index (κ2) is 16.4. The molecule has 3 unspecified atom stereocenters. The van der Waals surface area contributed by atoms with Crippen molar-refractivity contribution in [3.8, 4) is 11.5 Å². The summed E-state index contributed by atoms with van der Waals surface area (Å²) in [4.78, 5) is 12.7. The lowest BCUT2D eigenvalue weighted by atomic mass is 9.68. The summed E-state index contributed by atoms with van der Waals surface area (Å²) in [6, 6.07) is 13.2. The maximum Gasteiger partial charge on any atom is 0.453 e. The van der Waals surface area contributed by atoms with Gasteiger partial charge in [-0.05, 0) is 60.6 Å². The highest BCUT2D eigenvalue weighted by Gasteiger charge is 2.56. The predicted octanol–water partition coefficient (Wildman–Crippen LogP) is 8.25. The van der Waals surface area contributed by atoms with Gasteiger partial charge < -0.3 is 15.6 Å². The topological polar surface area (TPSA) is 89.6 Å². The standard InChI is InChI=1S/C32H42F5NO4S2/c1-30(23-11-14-25(15-12-23)42-29(40)21-38)22-43-28-20-24(39)13-16-26(28)27(30)10-7-5-3-2-4-6-8-18-44(41)19-9-17-31(33,34)32(35,36)37/h11-16,20,27,39H,2-10,17-19,21-22,38H2,1H3. The molecule has 0 saturated heterocycles. The number of fused-ring (bicyclic) bond motifs is 1. The minimum Gasteiger partial charge on any atom is -0.508 e. The molecular formula is C32H42F5NO4S2. The smallest absolute Gasteiger partial charge is 0.453 e. The van der Waals surface area contributed by atoms with E-state index >= 15 is 0 Å². The van der Waals surface area contributed by atoms with Crippen molar-refractivity contribution in [3.63, 3.8) is 0 Å². The number of hydrogen-bond donors (Lipinski definition) is 2. The summed E-state index contributed by atoms with van der Waals surface area (Å²) in [5.74, 6) is -3.28. The van der Waals surface area contributed by atoms with Gasteiger partial charge in [0.1, 0.15) is 11.5 Å². The number of phenols is 1. The van der Waals surface area contributed by atoms with Crippen LogP contribution in [0, 0.1) is 0 Å². The average molecular weight is 664 g/mol. The van der Waals surface area contributed by atoms with Gasteiger partial charge in [0.05, 0.1) is 6.54 Å². The van der Waals surface area contributed by atoms with E-state index in [1.165, 1.54) is 5.56 Å². The number of thioether (sulfide) groups is 1. The second-order valence-corrected chi connectivity index (χ2v) is 14.3. The fourth-order valence-corrected chi connectivity index (χ4v) is 8.24. The van der Waals surface area contributed by atoms with Gasteiger partial charge in [-0.1, -0.05) is 63.6 Å². The lowest BCUT2D eigenvalue weighted by Crippen LogP contribution is -2.36. The van der Waals surface area contributed by atoms with Crippen LogP contribution in [0.5, 0.6) is 11.5 Å². The Hall–Kier alpha value is -2.18. The first-order valence-electron chi connectivity index (χ1n) is 15.0. The lowest BCUT2D eigenvalue weighted by Gasteiger charge is -2.43. The van der Waals surface area contributed by atoms with Crippen LogP contribution in [-0.2, 0) is 21.0 Å². The number of benzene rings is 2. The zero-order valence-electron chi connectivity index (χ0n) is 25.0. The molecular weight excluding hydrogens is 621 g/mol. The molecule has 0 aliphatic carbocycles. The number of rotatable bonds is 17. The summed E-state index contributed by atoms with van der Waals surface area (Å²) >= 11 is 1.73. The molecule has 0 fully saturated rings. The van der Waals surface area contributed by atoms with Crippen LogP contribution in [0.3, 0.4) is 0 Å². The van der Waals surface area contributed by atoms with Crippen LogP contribution >= 0.6 is 11.8 Å². The van der Waals surface area contributed by atoms with Gasteiger partial charge in [-0.3, -0.25) is 9.00 Å². The van der Waals surface area contributed by atoms with E-state index in [0.29, 0.717) is 17.9 Å². The van der Waals surface area contributed by atoms with Crippen molar-refractivity contribution >= 4 is 28.5 Å². The summed E-state index contributed by atoms with van der Waals surface area (Å²) in [5.41, 5.74) is 7.54. The van der Waals surface area contributed by atoms with Crippen LogP contribution < -0.4 is 10.5 Å². The third-order valence-electron chi connectivity index (χ3n) is 8.22. The summed E-state index contributed by atoms with van der Waals surface area (Å²) < 4.78 is 79.9. The Morgan fingerprint density at radius 3 is 2.23 bits per heavy atom. The molecule has 2 aromatic carbocycles. The van der Waals surface area contributed by atoms with Crippen molar-refractivity contribution in [2.24, 2.45) is 5.73 Å². The van der Waals surface area contributed by atoms with Gasteiger partial charge in [-0.15, -0.1) is 11.8 Å². The van der Waals surface area contributed by atoms with E-state index in [1.54, 1.807) is 30.0 Å². The summed E-state index contributed by atoms with van der Waals surface area (Å²) in [6.45, 7) is 2.07. The second-order valence-electron chi connectivity index (χ2n) is 11.6. The highest BCUT2D eigenvalue weighted by molar-refractivity contribution is 7.99. The van der Waals surface area contributed by atoms with E-state index < -0.39 is 41.7 Å². The molecule has 1 aliphatic heterocycles. The van der Waals surface area contributed by atoms with Gasteiger partial charge in [-0.25, -0.2) is 0 Å². The molecule has 3 N–H and O–H groups in total. The van der Waals surface area contributed by atoms with Gasteiger partial charge in [0.15, 0.2) is 0 Å². The first-order valence-corrected chi connectivity index (χ1v) is 17.5. The Labute approximate surface area is 263 Å². The summed E-state index contributed by atoms with van der Waals surface area (Å²) in [7, 11) is -1.39. The molecule has 0 amide bonds. The molecule has 3 atom stereocenters. The van der Waals surface area contributed by atoms with Crippen molar-refractivity contribution < 1.29 is 40.8 Å². The molecule has 12 heteroatoms. The average Bonchev–Trinajstić information content (AvgIpc) is 2.96. The van der Waals surface area contributed by atoms with E-state index in [-0.39, 0.29) is 29.4 Å². The molecule has 44 heavy (non-hydrogen) atoms. The minimum atomic E-state index is -5.56. The molecule has 0 radical (unpaired) electrons. The fourth-order valence-electron chi connectivity index (χ4n) is 5.64. The number of carbonyl (C=O) groups excluding carboxylic acids is 1. The molecule has 0 aromatic heterocycles. The van der Waals surface area contributed by atoms with E-state index in [9.17, 15) is 36.1 Å². The highest BCUT2D eigenvalue weighted by Crippen LogP contribution is 2.52. The predicted molar refractivity (Wildman–Crippen MR) is 165 cm³/mol. The Morgan fingerprint density at radius 2 is 1.59 bits per heavy atom.